The molecule has 2 heterocycles. The summed E-state index contributed by atoms with van der Waals surface area (Å²) in [6, 6.07) is 0.861. The monoisotopic (exact) mass is 296 g/mol. The molecule has 2 rings (SSSR count). The third-order valence-corrected chi connectivity index (χ3v) is 2.28. The normalized spacial score (nSPS) is 12.1. The fourth-order valence-corrected chi connectivity index (χ4v) is 1.50. The zero-order valence-electron chi connectivity index (χ0n) is 9.34. The fraction of sp³-hybridized carbons (Fsp3) is 0.222. The van der Waals surface area contributed by atoms with Crippen LogP contribution in [-0.2, 0) is 6.18 Å². The summed E-state index contributed by atoms with van der Waals surface area (Å²) in [5, 5.41) is 15.1. The van der Waals surface area contributed by atoms with Crippen molar-refractivity contribution in [1.82, 2.24) is 19.6 Å². The van der Waals surface area contributed by atoms with Gasteiger partial charge in [-0.15, -0.1) is 5.10 Å². The van der Waals surface area contributed by atoms with E-state index in [9.17, 15) is 26.7 Å². The molecule has 0 fully saturated rings. The molecule has 0 saturated heterocycles. The van der Waals surface area contributed by atoms with Gasteiger partial charge >= 0.3 is 18.7 Å². The van der Waals surface area contributed by atoms with E-state index in [1.807, 2.05) is 0 Å². The highest BCUT2D eigenvalue weighted by molar-refractivity contribution is 5.89. The van der Waals surface area contributed by atoms with E-state index in [1.165, 1.54) is 0 Å². The summed E-state index contributed by atoms with van der Waals surface area (Å²) in [4.78, 5) is 10.7. The van der Waals surface area contributed by atoms with Crippen molar-refractivity contribution in [2.75, 3.05) is 0 Å². The zero-order valence-corrected chi connectivity index (χ0v) is 9.34. The summed E-state index contributed by atoms with van der Waals surface area (Å²) in [6.07, 6.45) is -3.80. The van der Waals surface area contributed by atoms with E-state index < -0.39 is 35.8 Å². The van der Waals surface area contributed by atoms with Crippen LogP contribution < -0.4 is 0 Å². The van der Waals surface area contributed by atoms with Gasteiger partial charge in [0.2, 0.25) is 0 Å². The number of carboxylic acid groups (broad SMARTS) is 1. The molecule has 108 valence electrons. The van der Waals surface area contributed by atoms with Crippen molar-refractivity contribution >= 4 is 5.97 Å². The van der Waals surface area contributed by atoms with Crippen LogP contribution in [0.4, 0.5) is 22.0 Å². The summed E-state index contributed by atoms with van der Waals surface area (Å²) < 4.78 is 63.5. The molecule has 0 spiro atoms. The van der Waals surface area contributed by atoms with Gasteiger partial charge in [-0.1, -0.05) is 0 Å². The van der Waals surface area contributed by atoms with E-state index in [1.54, 1.807) is 0 Å². The Morgan fingerprint density at radius 1 is 1.35 bits per heavy atom. The molecule has 1 N–H and O–H groups in total. The molecule has 0 aromatic carbocycles. The maximum atomic E-state index is 12.8. The Balaban J connectivity index is 2.59. The highest BCUT2D eigenvalue weighted by atomic mass is 19.4. The molecule has 0 atom stereocenters. The number of aromatic carboxylic acids is 1. The number of hydrogen-bond donors (Lipinski definition) is 1. The Kier molecular flexibility index (Phi) is 3.19. The fourth-order valence-electron chi connectivity index (χ4n) is 1.50. The highest BCUT2D eigenvalue weighted by Gasteiger charge is 2.41. The van der Waals surface area contributed by atoms with Crippen LogP contribution in [0.5, 0.6) is 0 Å². The van der Waals surface area contributed by atoms with Crippen LogP contribution in [0.2, 0.25) is 0 Å². The Bertz CT molecular complexity index is 645. The van der Waals surface area contributed by atoms with Crippen molar-refractivity contribution in [2.24, 2.45) is 0 Å². The Morgan fingerprint density at radius 3 is 2.45 bits per heavy atom. The lowest BCUT2D eigenvalue weighted by molar-refractivity contribution is -0.143. The smallest absolute Gasteiger partial charge is 0.434 e. The number of halogens is 5. The number of carbonyl (C=O) groups is 1. The molecule has 0 saturated carbocycles. The second kappa shape index (κ2) is 4.58. The number of aromatic nitrogens is 4. The van der Waals surface area contributed by atoms with Crippen molar-refractivity contribution in [2.45, 2.75) is 12.7 Å². The first kappa shape index (κ1) is 14.0. The third-order valence-electron chi connectivity index (χ3n) is 2.28. The SMILES string of the molecule is O=C(O)c1cnn(-c2ccn(C(F)F)n2)c1C(F)(F)F. The van der Waals surface area contributed by atoms with Crippen LogP contribution in [0.25, 0.3) is 5.82 Å². The maximum absolute atomic E-state index is 12.8. The molecule has 0 radical (unpaired) electrons. The van der Waals surface area contributed by atoms with Crippen LogP contribution in [0.15, 0.2) is 18.5 Å². The minimum atomic E-state index is -5.03. The lowest BCUT2D eigenvalue weighted by Gasteiger charge is -2.09. The van der Waals surface area contributed by atoms with Crippen molar-refractivity contribution in [1.29, 1.82) is 0 Å². The molecular weight excluding hydrogens is 291 g/mol. The lowest BCUT2D eigenvalue weighted by atomic mass is 10.2. The number of nitrogens with zero attached hydrogens (tertiary/aromatic N) is 4. The third kappa shape index (κ3) is 2.33. The Morgan fingerprint density at radius 2 is 2.00 bits per heavy atom. The highest BCUT2D eigenvalue weighted by Crippen LogP contribution is 2.33. The number of hydrogen-bond acceptors (Lipinski definition) is 3. The van der Waals surface area contributed by atoms with Gasteiger partial charge in [-0.05, 0) is 0 Å². The van der Waals surface area contributed by atoms with E-state index >= 15 is 0 Å². The van der Waals surface area contributed by atoms with Crippen LogP contribution in [0.1, 0.15) is 22.6 Å². The topological polar surface area (TPSA) is 72.9 Å². The molecule has 2 aromatic rings. The molecule has 6 nitrogen and oxygen atoms in total. The molecule has 20 heavy (non-hydrogen) atoms. The minimum absolute atomic E-state index is 0.123. The van der Waals surface area contributed by atoms with Gasteiger partial charge < -0.3 is 5.11 Å². The van der Waals surface area contributed by atoms with E-state index in [4.69, 9.17) is 5.11 Å². The molecule has 0 unspecified atom stereocenters. The Labute approximate surface area is 107 Å². The average molecular weight is 296 g/mol. The van der Waals surface area contributed by atoms with Gasteiger partial charge in [0.1, 0.15) is 5.56 Å². The quantitative estimate of drug-likeness (QED) is 0.881. The number of rotatable bonds is 3. The van der Waals surface area contributed by atoms with Crippen LogP contribution in [0.3, 0.4) is 0 Å². The van der Waals surface area contributed by atoms with Crippen LogP contribution >= 0.6 is 0 Å². The first-order chi connectivity index (χ1) is 9.21. The minimum Gasteiger partial charge on any atom is -0.478 e. The van der Waals surface area contributed by atoms with Crippen molar-refractivity contribution in [3.05, 3.63) is 29.7 Å². The van der Waals surface area contributed by atoms with E-state index in [-0.39, 0.29) is 9.36 Å². The van der Waals surface area contributed by atoms with Gasteiger partial charge in [0.25, 0.3) is 0 Å². The largest absolute Gasteiger partial charge is 0.478 e. The average Bonchev–Trinajstić information content (AvgIpc) is 2.94. The van der Waals surface area contributed by atoms with Gasteiger partial charge in [-0.3, -0.25) is 0 Å². The van der Waals surface area contributed by atoms with Gasteiger partial charge in [0.15, 0.2) is 11.5 Å². The van der Waals surface area contributed by atoms with Crippen molar-refractivity contribution in [3.63, 3.8) is 0 Å². The standard InChI is InChI=1S/C9H5F5N4O2/c10-8(11)17-2-1-5(16-17)18-6(9(12,13)14)4(3-15-18)7(19)20/h1-3,8H,(H,19,20). The first-order valence-electron chi connectivity index (χ1n) is 4.94. The summed E-state index contributed by atoms with van der Waals surface area (Å²) in [6.45, 7) is -3.03. The molecule has 0 aliphatic rings. The molecule has 0 bridgehead atoms. The second-order valence-electron chi connectivity index (χ2n) is 3.55. The Hall–Kier alpha value is -2.46. The summed E-state index contributed by atoms with van der Waals surface area (Å²) in [5.41, 5.74) is -2.69. The number of carboxylic acids is 1. The van der Waals surface area contributed by atoms with Gasteiger partial charge in [0.05, 0.1) is 6.20 Å². The predicted molar refractivity (Wildman–Crippen MR) is 52.6 cm³/mol. The van der Waals surface area contributed by atoms with E-state index in [2.05, 4.69) is 10.2 Å². The van der Waals surface area contributed by atoms with Gasteiger partial charge in [0, 0.05) is 12.3 Å². The maximum Gasteiger partial charge on any atom is 0.434 e. The van der Waals surface area contributed by atoms with Crippen LogP contribution in [-0.4, -0.2) is 30.6 Å². The van der Waals surface area contributed by atoms with E-state index in [0.717, 1.165) is 12.3 Å². The van der Waals surface area contributed by atoms with Gasteiger partial charge in [-0.2, -0.15) is 27.1 Å². The summed E-state index contributed by atoms with van der Waals surface area (Å²) >= 11 is 0. The first-order valence-corrected chi connectivity index (χ1v) is 4.94. The van der Waals surface area contributed by atoms with E-state index in [0.29, 0.717) is 6.20 Å². The lowest BCUT2D eigenvalue weighted by Crippen LogP contribution is -2.17. The summed E-state index contributed by atoms with van der Waals surface area (Å²) in [7, 11) is 0. The molecular formula is C9H5F5N4O2. The van der Waals surface area contributed by atoms with Crippen molar-refractivity contribution < 1.29 is 31.9 Å². The molecule has 0 aliphatic carbocycles. The predicted octanol–water partition coefficient (Wildman–Crippen LogP) is 2.18. The molecule has 0 aliphatic heterocycles. The van der Waals surface area contributed by atoms with Gasteiger partial charge in [-0.25, -0.2) is 14.2 Å². The molecule has 2 aromatic heterocycles. The number of alkyl halides is 5. The molecule has 11 heteroatoms. The molecule has 0 amide bonds. The summed E-state index contributed by atoms with van der Waals surface area (Å²) in [5.74, 6) is -2.40. The second-order valence-corrected chi connectivity index (χ2v) is 3.55. The van der Waals surface area contributed by atoms with Crippen molar-refractivity contribution in [3.8, 4) is 5.82 Å². The van der Waals surface area contributed by atoms with Crippen LogP contribution in [0, 0.1) is 0 Å². The zero-order chi connectivity index (χ0) is 15.1.